The number of methoxy groups -OCH3 is 3. The number of rotatable bonds is 6. The van der Waals surface area contributed by atoms with Gasteiger partial charge in [0, 0.05) is 11.6 Å². The third-order valence-corrected chi connectivity index (χ3v) is 3.54. The molecule has 2 rings (SSSR count). The number of anilines is 1. The van der Waals surface area contributed by atoms with E-state index in [9.17, 15) is 4.79 Å². The molecule has 0 aliphatic carbocycles. The van der Waals surface area contributed by atoms with Crippen molar-refractivity contribution in [3.8, 4) is 28.5 Å². The van der Waals surface area contributed by atoms with E-state index in [0.29, 0.717) is 28.6 Å². The summed E-state index contributed by atoms with van der Waals surface area (Å²) in [5.74, 6) is 1.51. The van der Waals surface area contributed by atoms with Crippen LogP contribution in [-0.2, 0) is 0 Å². The summed E-state index contributed by atoms with van der Waals surface area (Å²) in [6, 6.07) is 3.29. The third kappa shape index (κ3) is 3.96. The number of H-pyrrole nitrogens is 1. The highest BCUT2D eigenvalue weighted by molar-refractivity contribution is 5.94. The molecule has 1 heterocycles. The van der Waals surface area contributed by atoms with Gasteiger partial charge in [0.2, 0.25) is 5.75 Å². The van der Waals surface area contributed by atoms with E-state index in [-0.39, 0.29) is 12.1 Å². The van der Waals surface area contributed by atoms with Crippen molar-refractivity contribution in [1.29, 1.82) is 0 Å². The second-order valence-electron chi connectivity index (χ2n) is 5.74. The van der Waals surface area contributed by atoms with Crippen molar-refractivity contribution in [2.75, 3.05) is 26.6 Å². The summed E-state index contributed by atoms with van der Waals surface area (Å²) < 4.78 is 16.1. The van der Waals surface area contributed by atoms with Gasteiger partial charge in [-0.25, -0.2) is 4.79 Å². The van der Waals surface area contributed by atoms with Crippen LogP contribution in [0.3, 0.4) is 0 Å². The van der Waals surface area contributed by atoms with Crippen LogP contribution in [0.15, 0.2) is 12.1 Å². The summed E-state index contributed by atoms with van der Waals surface area (Å²) in [4.78, 5) is 12.1. The molecular formula is C17H24N4O4. The van der Waals surface area contributed by atoms with E-state index in [0.717, 1.165) is 11.3 Å². The molecule has 0 spiro atoms. The maximum absolute atomic E-state index is 12.1. The molecule has 136 valence electrons. The number of nitrogens with zero attached hydrogens (tertiary/aromatic N) is 1. The van der Waals surface area contributed by atoms with Gasteiger partial charge in [0.1, 0.15) is 5.69 Å². The minimum Gasteiger partial charge on any atom is -0.493 e. The van der Waals surface area contributed by atoms with Gasteiger partial charge in [-0.05, 0) is 32.9 Å². The largest absolute Gasteiger partial charge is 0.493 e. The van der Waals surface area contributed by atoms with E-state index < -0.39 is 0 Å². The van der Waals surface area contributed by atoms with Crippen molar-refractivity contribution in [3.05, 3.63) is 17.8 Å². The number of hydrogen-bond acceptors (Lipinski definition) is 5. The van der Waals surface area contributed by atoms with Crippen molar-refractivity contribution < 1.29 is 19.0 Å². The molecule has 2 aromatic rings. The number of carbonyl (C=O) groups is 1. The van der Waals surface area contributed by atoms with Gasteiger partial charge >= 0.3 is 6.03 Å². The minimum atomic E-state index is -0.298. The number of amides is 2. The lowest BCUT2D eigenvalue weighted by Gasteiger charge is -2.15. The first kappa shape index (κ1) is 18.4. The number of urea groups is 1. The molecule has 3 N–H and O–H groups in total. The summed E-state index contributed by atoms with van der Waals surface area (Å²) in [5, 5.41) is 12.8. The van der Waals surface area contributed by atoms with E-state index >= 15 is 0 Å². The van der Waals surface area contributed by atoms with Crippen LogP contribution in [0.2, 0.25) is 0 Å². The first-order chi connectivity index (χ1) is 11.9. The molecule has 0 unspecified atom stereocenters. The Balaban J connectivity index is 2.47. The molecular weight excluding hydrogens is 324 g/mol. The monoisotopic (exact) mass is 348 g/mol. The first-order valence-electron chi connectivity index (χ1n) is 7.84. The molecule has 1 aromatic heterocycles. The van der Waals surface area contributed by atoms with Crippen LogP contribution in [0, 0.1) is 6.92 Å². The molecule has 8 heteroatoms. The quantitative estimate of drug-likeness (QED) is 0.746. The zero-order chi connectivity index (χ0) is 18.6. The molecule has 0 bridgehead atoms. The number of nitrogens with one attached hydrogen (secondary N) is 3. The normalized spacial score (nSPS) is 10.5. The second kappa shape index (κ2) is 7.78. The second-order valence-corrected chi connectivity index (χ2v) is 5.74. The Bertz CT molecular complexity index is 730. The predicted molar refractivity (Wildman–Crippen MR) is 95.7 cm³/mol. The average molecular weight is 348 g/mol. The van der Waals surface area contributed by atoms with E-state index in [1.165, 1.54) is 0 Å². The Kier molecular flexibility index (Phi) is 5.74. The summed E-state index contributed by atoms with van der Waals surface area (Å²) >= 11 is 0. The summed E-state index contributed by atoms with van der Waals surface area (Å²) in [6.45, 7) is 5.61. The number of ether oxygens (including phenoxy) is 3. The molecule has 8 nitrogen and oxygen atoms in total. The molecule has 0 saturated carbocycles. The van der Waals surface area contributed by atoms with Gasteiger partial charge < -0.3 is 24.8 Å². The maximum atomic E-state index is 12.1. The Morgan fingerprint density at radius 1 is 1.12 bits per heavy atom. The average Bonchev–Trinajstić information content (AvgIpc) is 2.93. The topological polar surface area (TPSA) is 97.5 Å². The highest BCUT2D eigenvalue weighted by Gasteiger charge is 2.20. The smallest absolute Gasteiger partial charge is 0.319 e. The lowest BCUT2D eigenvalue weighted by Crippen LogP contribution is -2.34. The zero-order valence-electron chi connectivity index (χ0n) is 15.3. The molecule has 1 aromatic carbocycles. The number of aromatic nitrogens is 2. The van der Waals surface area contributed by atoms with Crippen LogP contribution in [0.25, 0.3) is 11.3 Å². The van der Waals surface area contributed by atoms with Crippen molar-refractivity contribution >= 4 is 11.7 Å². The summed E-state index contributed by atoms with van der Waals surface area (Å²) in [5.41, 5.74) is 2.63. The Morgan fingerprint density at radius 3 is 2.20 bits per heavy atom. The van der Waals surface area contributed by atoms with Gasteiger partial charge in [0.25, 0.3) is 0 Å². The summed E-state index contributed by atoms with van der Waals surface area (Å²) in [7, 11) is 4.64. The molecule has 0 aliphatic heterocycles. The molecule has 2 amide bonds. The van der Waals surface area contributed by atoms with Gasteiger partial charge in [0.15, 0.2) is 11.5 Å². The van der Waals surface area contributed by atoms with Crippen LogP contribution < -0.4 is 24.8 Å². The van der Waals surface area contributed by atoms with Gasteiger partial charge in [-0.2, -0.15) is 5.10 Å². The fourth-order valence-electron chi connectivity index (χ4n) is 2.42. The fourth-order valence-corrected chi connectivity index (χ4v) is 2.42. The van der Waals surface area contributed by atoms with E-state index in [2.05, 4.69) is 20.8 Å². The zero-order valence-corrected chi connectivity index (χ0v) is 15.3. The van der Waals surface area contributed by atoms with Crippen LogP contribution in [0.4, 0.5) is 10.5 Å². The van der Waals surface area contributed by atoms with Crippen LogP contribution in [-0.4, -0.2) is 43.6 Å². The number of aryl methyl sites for hydroxylation is 1. The van der Waals surface area contributed by atoms with Gasteiger partial charge in [-0.15, -0.1) is 0 Å². The summed E-state index contributed by atoms with van der Waals surface area (Å²) in [6.07, 6.45) is 0. The van der Waals surface area contributed by atoms with E-state index in [1.54, 1.807) is 33.5 Å². The third-order valence-electron chi connectivity index (χ3n) is 3.54. The maximum Gasteiger partial charge on any atom is 0.319 e. The van der Waals surface area contributed by atoms with Crippen LogP contribution in [0.5, 0.6) is 17.2 Å². The Morgan fingerprint density at radius 2 is 1.72 bits per heavy atom. The standard InChI is InChI=1S/C17H24N4O4/c1-9(2)18-17(22)19-14-10(3)20-21-15(14)11-7-12(23-4)16(25-6)13(8-11)24-5/h7-9H,1-6H3,(H,20,21)(H2,18,19,22). The predicted octanol–water partition coefficient (Wildman–Crippen LogP) is 2.94. The van der Waals surface area contributed by atoms with Gasteiger partial charge in [0.05, 0.1) is 32.7 Å². The highest BCUT2D eigenvalue weighted by Crippen LogP contribution is 2.42. The van der Waals surface area contributed by atoms with Crippen molar-refractivity contribution in [2.24, 2.45) is 0 Å². The molecule has 0 radical (unpaired) electrons. The van der Waals surface area contributed by atoms with Gasteiger partial charge in [-0.3, -0.25) is 5.10 Å². The van der Waals surface area contributed by atoms with E-state index in [1.807, 2.05) is 20.8 Å². The molecule has 25 heavy (non-hydrogen) atoms. The van der Waals surface area contributed by atoms with E-state index in [4.69, 9.17) is 14.2 Å². The SMILES string of the molecule is COc1cc(-c2n[nH]c(C)c2NC(=O)NC(C)C)cc(OC)c1OC. The lowest BCUT2D eigenvalue weighted by molar-refractivity contribution is 0.250. The Hall–Kier alpha value is -2.90. The molecule has 0 fully saturated rings. The van der Waals surface area contributed by atoms with Crippen molar-refractivity contribution in [2.45, 2.75) is 26.8 Å². The van der Waals surface area contributed by atoms with Crippen LogP contribution >= 0.6 is 0 Å². The lowest BCUT2D eigenvalue weighted by atomic mass is 10.1. The molecule has 0 aliphatic rings. The molecule has 0 saturated heterocycles. The van der Waals surface area contributed by atoms with Crippen molar-refractivity contribution in [3.63, 3.8) is 0 Å². The first-order valence-corrected chi connectivity index (χ1v) is 7.84. The Labute approximate surface area is 146 Å². The number of hydrogen-bond donors (Lipinski definition) is 3. The van der Waals surface area contributed by atoms with Crippen molar-refractivity contribution in [1.82, 2.24) is 15.5 Å². The number of aromatic amines is 1. The fraction of sp³-hybridized carbons (Fsp3) is 0.412. The van der Waals surface area contributed by atoms with Gasteiger partial charge in [-0.1, -0.05) is 0 Å². The number of benzene rings is 1. The van der Waals surface area contributed by atoms with Crippen LogP contribution in [0.1, 0.15) is 19.5 Å². The number of carbonyl (C=O) groups excluding carboxylic acids is 1. The minimum absolute atomic E-state index is 0.0248. The molecule has 0 atom stereocenters. The highest BCUT2D eigenvalue weighted by atomic mass is 16.5.